The van der Waals surface area contributed by atoms with Crippen LogP contribution in [0.15, 0.2) is 89.5 Å². The Morgan fingerprint density at radius 3 is 2.04 bits per heavy atom. The molecule has 0 atom stereocenters. The lowest BCUT2D eigenvalue weighted by Crippen LogP contribution is -2.21. The van der Waals surface area contributed by atoms with E-state index in [1.54, 1.807) is 0 Å². The lowest BCUT2D eigenvalue weighted by atomic mass is 9.74. The zero-order valence-corrected chi connectivity index (χ0v) is 17.7. The van der Waals surface area contributed by atoms with Gasteiger partial charge < -0.3 is 0 Å². The Bertz CT molecular complexity index is 746. The van der Waals surface area contributed by atoms with Crippen molar-refractivity contribution in [1.29, 1.82) is 0 Å². The lowest BCUT2D eigenvalue weighted by molar-refractivity contribution is 0.630. The van der Waals surface area contributed by atoms with Crippen LogP contribution in [0.4, 0.5) is 0 Å². The number of halogens is 1. The molecule has 132 valence electrons. The molecule has 0 bridgehead atoms. The first-order valence-corrected chi connectivity index (χ1v) is 9.27. The van der Waals surface area contributed by atoms with Crippen molar-refractivity contribution < 1.29 is 0 Å². The maximum atomic E-state index is 3.95. The summed E-state index contributed by atoms with van der Waals surface area (Å²) in [5.41, 5.74) is 6.34. The van der Waals surface area contributed by atoms with E-state index in [1.165, 1.54) is 27.8 Å². The minimum absolute atomic E-state index is 0.0363. The third-order valence-corrected chi connectivity index (χ3v) is 4.90. The van der Waals surface area contributed by atoms with Gasteiger partial charge in [0.2, 0.25) is 0 Å². The summed E-state index contributed by atoms with van der Waals surface area (Å²) in [6, 6.07) is 16.7. The number of benzene rings is 2. The van der Waals surface area contributed by atoms with Crippen molar-refractivity contribution in [2.24, 2.45) is 0 Å². The predicted octanol–water partition coefficient (Wildman–Crippen LogP) is 7.72. The van der Waals surface area contributed by atoms with E-state index in [1.807, 2.05) is 24.3 Å². The van der Waals surface area contributed by atoms with Crippen LogP contribution in [0.25, 0.3) is 0 Å². The summed E-state index contributed by atoms with van der Waals surface area (Å²) in [6.07, 6.45) is 3.85. The number of rotatable bonds is 4. The fraction of sp³-hybridized carbons (Fsp3) is 0.250. The van der Waals surface area contributed by atoms with Crippen LogP contribution in [0, 0.1) is 13.8 Å². The summed E-state index contributed by atoms with van der Waals surface area (Å²) >= 11 is 3.36. The van der Waals surface area contributed by atoms with Crippen molar-refractivity contribution in [3.05, 3.63) is 106 Å². The average molecular weight is 397 g/mol. The standard InChI is InChI=1S/C17H22.C7H7Br/c1-7-13(3)15(8-2)17(5,6)16-12-10-9-11-14(16)4;1-6-3-2-4-7(8)5-6/h7-12H,1-2H2,3-6H3;2-5H,1H3/b15-13+;. The van der Waals surface area contributed by atoms with Crippen LogP contribution in [0.1, 0.15) is 37.5 Å². The highest BCUT2D eigenvalue weighted by molar-refractivity contribution is 9.10. The summed E-state index contributed by atoms with van der Waals surface area (Å²) in [5, 5.41) is 0. The molecule has 2 aromatic carbocycles. The van der Waals surface area contributed by atoms with Crippen LogP contribution in [-0.2, 0) is 5.41 Å². The van der Waals surface area contributed by atoms with Crippen LogP contribution >= 0.6 is 15.9 Å². The van der Waals surface area contributed by atoms with Crippen molar-refractivity contribution >= 4 is 15.9 Å². The van der Waals surface area contributed by atoms with Crippen molar-refractivity contribution in [3.63, 3.8) is 0 Å². The fourth-order valence-electron chi connectivity index (χ4n) is 3.04. The quantitative estimate of drug-likeness (QED) is 0.463. The molecule has 0 aliphatic carbocycles. The predicted molar refractivity (Wildman–Crippen MR) is 116 cm³/mol. The average Bonchev–Trinajstić information content (AvgIpc) is 2.55. The highest BCUT2D eigenvalue weighted by atomic mass is 79.9. The second-order valence-corrected chi connectivity index (χ2v) is 7.66. The van der Waals surface area contributed by atoms with Crippen molar-refractivity contribution in [1.82, 2.24) is 0 Å². The normalized spacial score (nSPS) is 11.8. The second kappa shape index (κ2) is 9.58. The molecule has 0 radical (unpaired) electrons. The van der Waals surface area contributed by atoms with Gasteiger partial charge in [0, 0.05) is 9.89 Å². The van der Waals surface area contributed by atoms with Crippen molar-refractivity contribution in [3.8, 4) is 0 Å². The second-order valence-electron chi connectivity index (χ2n) is 6.74. The number of hydrogen-bond donors (Lipinski definition) is 0. The first-order chi connectivity index (χ1) is 11.7. The molecule has 25 heavy (non-hydrogen) atoms. The van der Waals surface area contributed by atoms with Gasteiger partial charge in [0.05, 0.1) is 0 Å². The Balaban J connectivity index is 0.000000324. The van der Waals surface area contributed by atoms with E-state index in [0.29, 0.717) is 0 Å². The van der Waals surface area contributed by atoms with Gasteiger partial charge in [0.1, 0.15) is 0 Å². The van der Waals surface area contributed by atoms with E-state index >= 15 is 0 Å². The SMILES string of the molecule is C=C/C(C)=C(\C=C)C(C)(C)c1ccccc1C.Cc1cccc(Br)c1. The van der Waals surface area contributed by atoms with E-state index in [0.717, 1.165) is 4.47 Å². The van der Waals surface area contributed by atoms with Gasteiger partial charge in [-0.15, -0.1) is 0 Å². The largest absolute Gasteiger partial charge is 0.0988 e. The monoisotopic (exact) mass is 396 g/mol. The molecule has 0 saturated heterocycles. The first-order valence-electron chi connectivity index (χ1n) is 8.48. The van der Waals surface area contributed by atoms with Gasteiger partial charge in [-0.1, -0.05) is 97.0 Å². The molecule has 0 heterocycles. The van der Waals surface area contributed by atoms with E-state index < -0.39 is 0 Å². The van der Waals surface area contributed by atoms with E-state index in [-0.39, 0.29) is 5.41 Å². The zero-order valence-electron chi connectivity index (χ0n) is 16.1. The molecule has 1 heteroatoms. The van der Waals surface area contributed by atoms with Crippen LogP contribution in [0.2, 0.25) is 0 Å². The Hall–Kier alpha value is -1.86. The van der Waals surface area contributed by atoms with Gasteiger partial charge in [-0.2, -0.15) is 0 Å². The molecule has 0 N–H and O–H groups in total. The molecule has 0 unspecified atom stereocenters. The summed E-state index contributed by atoms with van der Waals surface area (Å²) < 4.78 is 1.15. The Morgan fingerprint density at radius 1 is 0.960 bits per heavy atom. The molecule has 2 aromatic rings. The first kappa shape index (κ1) is 21.2. The third-order valence-electron chi connectivity index (χ3n) is 4.41. The van der Waals surface area contributed by atoms with Crippen LogP contribution in [-0.4, -0.2) is 0 Å². The molecule has 0 amide bonds. The van der Waals surface area contributed by atoms with Crippen LogP contribution in [0.5, 0.6) is 0 Å². The molecule has 0 saturated carbocycles. The van der Waals surface area contributed by atoms with Crippen LogP contribution < -0.4 is 0 Å². The van der Waals surface area contributed by atoms with Gasteiger partial charge in [-0.05, 0) is 55.2 Å². The molecule has 2 rings (SSSR count). The molecule has 0 aliphatic heterocycles. The fourth-order valence-corrected chi connectivity index (χ4v) is 3.56. The Labute approximate surface area is 162 Å². The summed E-state index contributed by atoms with van der Waals surface area (Å²) in [7, 11) is 0. The highest BCUT2D eigenvalue weighted by Gasteiger charge is 2.26. The van der Waals surface area contributed by atoms with Crippen LogP contribution in [0.3, 0.4) is 0 Å². The number of allylic oxidation sites excluding steroid dienone is 4. The van der Waals surface area contributed by atoms with Gasteiger partial charge in [0.25, 0.3) is 0 Å². The number of aryl methyl sites for hydroxylation is 2. The maximum absolute atomic E-state index is 3.95. The van der Waals surface area contributed by atoms with Gasteiger partial charge in [0.15, 0.2) is 0 Å². The van der Waals surface area contributed by atoms with E-state index in [4.69, 9.17) is 0 Å². The zero-order chi connectivity index (χ0) is 19.0. The molecule has 0 aromatic heterocycles. The molecule has 0 fully saturated rings. The minimum atomic E-state index is -0.0363. The molecule has 0 nitrogen and oxygen atoms in total. The lowest BCUT2D eigenvalue weighted by Gasteiger charge is -2.30. The van der Waals surface area contributed by atoms with E-state index in [9.17, 15) is 0 Å². The molecule has 0 aliphatic rings. The Morgan fingerprint density at radius 2 is 1.60 bits per heavy atom. The van der Waals surface area contributed by atoms with E-state index in [2.05, 4.69) is 100 Å². The molecule has 0 spiro atoms. The smallest absolute Gasteiger partial charge is 0.0177 e. The van der Waals surface area contributed by atoms with Gasteiger partial charge in [-0.3, -0.25) is 0 Å². The van der Waals surface area contributed by atoms with Gasteiger partial charge in [-0.25, -0.2) is 0 Å². The van der Waals surface area contributed by atoms with Crippen molar-refractivity contribution in [2.75, 3.05) is 0 Å². The van der Waals surface area contributed by atoms with Gasteiger partial charge >= 0.3 is 0 Å². The summed E-state index contributed by atoms with van der Waals surface area (Å²) in [6.45, 7) is 18.6. The summed E-state index contributed by atoms with van der Waals surface area (Å²) in [5.74, 6) is 0. The minimum Gasteiger partial charge on any atom is -0.0988 e. The number of hydrogen-bond acceptors (Lipinski definition) is 0. The highest BCUT2D eigenvalue weighted by Crippen LogP contribution is 2.35. The third kappa shape index (κ3) is 5.86. The molecular weight excluding hydrogens is 368 g/mol. The Kier molecular flexibility index (Phi) is 8.12. The molecular formula is C24H29Br. The van der Waals surface area contributed by atoms with Crippen molar-refractivity contribution in [2.45, 2.75) is 40.0 Å². The maximum Gasteiger partial charge on any atom is 0.0177 e. The summed E-state index contributed by atoms with van der Waals surface area (Å²) in [4.78, 5) is 0. The topological polar surface area (TPSA) is 0 Å².